The number of benzene rings is 1. The first-order valence-electron chi connectivity index (χ1n) is 12.6. The SMILES string of the molecule is COc1nc2sc(C(=O)NCCCCCCN3CCC(c4ccc(Cl)cc4)CC3)c(N)c2c(C)c1Cl. The Morgan fingerprint density at radius 2 is 1.86 bits per heavy atom. The number of anilines is 1. The second-order valence-corrected chi connectivity index (χ2v) is 11.2. The fourth-order valence-electron chi connectivity index (χ4n) is 4.91. The van der Waals surface area contributed by atoms with Crippen molar-refractivity contribution in [3.8, 4) is 5.88 Å². The van der Waals surface area contributed by atoms with E-state index < -0.39 is 0 Å². The first-order valence-corrected chi connectivity index (χ1v) is 14.1. The third-order valence-electron chi connectivity index (χ3n) is 7.04. The van der Waals surface area contributed by atoms with E-state index in [4.69, 9.17) is 33.7 Å². The predicted molar refractivity (Wildman–Crippen MR) is 151 cm³/mol. The van der Waals surface area contributed by atoms with E-state index in [1.54, 1.807) is 0 Å². The van der Waals surface area contributed by atoms with Crippen molar-refractivity contribution in [3.63, 3.8) is 0 Å². The van der Waals surface area contributed by atoms with Crippen LogP contribution in [0, 0.1) is 6.92 Å². The van der Waals surface area contributed by atoms with Gasteiger partial charge in [0.05, 0.1) is 12.8 Å². The Morgan fingerprint density at radius 1 is 1.17 bits per heavy atom. The number of fused-ring (bicyclic) bond motifs is 1. The predicted octanol–water partition coefficient (Wildman–Crippen LogP) is 6.67. The molecule has 0 spiro atoms. The van der Waals surface area contributed by atoms with Crippen LogP contribution in [0.15, 0.2) is 24.3 Å². The van der Waals surface area contributed by atoms with Crippen LogP contribution in [-0.2, 0) is 0 Å². The number of amides is 1. The number of unbranched alkanes of at least 4 members (excludes halogenated alkanes) is 3. The number of nitrogens with one attached hydrogen (secondary N) is 1. The molecule has 1 aliphatic heterocycles. The van der Waals surface area contributed by atoms with E-state index in [1.807, 2.05) is 19.1 Å². The molecular formula is C27H34Cl2N4O2S. The molecule has 0 atom stereocenters. The van der Waals surface area contributed by atoms with E-state index in [2.05, 4.69) is 27.3 Å². The molecule has 1 saturated heterocycles. The second-order valence-electron chi connectivity index (χ2n) is 9.42. The van der Waals surface area contributed by atoms with E-state index in [9.17, 15) is 4.79 Å². The molecule has 6 nitrogen and oxygen atoms in total. The molecule has 1 amide bonds. The maximum absolute atomic E-state index is 12.7. The van der Waals surface area contributed by atoms with Crippen LogP contribution < -0.4 is 15.8 Å². The van der Waals surface area contributed by atoms with Crippen LogP contribution >= 0.6 is 34.5 Å². The Morgan fingerprint density at radius 3 is 2.56 bits per heavy atom. The van der Waals surface area contributed by atoms with E-state index >= 15 is 0 Å². The van der Waals surface area contributed by atoms with E-state index in [0.29, 0.717) is 38.8 Å². The number of carbonyl (C=O) groups excluding carboxylic acids is 1. The molecule has 0 unspecified atom stereocenters. The number of ether oxygens (including phenoxy) is 1. The van der Waals surface area contributed by atoms with Crippen LogP contribution in [0.1, 0.15) is 65.2 Å². The number of pyridine rings is 1. The van der Waals surface area contributed by atoms with Gasteiger partial charge in [0.2, 0.25) is 5.88 Å². The Balaban J connectivity index is 1.14. The number of aryl methyl sites for hydroxylation is 1. The van der Waals surface area contributed by atoms with Gasteiger partial charge in [0.15, 0.2) is 0 Å². The summed E-state index contributed by atoms with van der Waals surface area (Å²) in [5.41, 5.74) is 8.91. The van der Waals surface area contributed by atoms with Gasteiger partial charge in [-0.2, -0.15) is 0 Å². The quantitative estimate of drug-likeness (QED) is 0.276. The Labute approximate surface area is 227 Å². The summed E-state index contributed by atoms with van der Waals surface area (Å²) in [4.78, 5) is 20.9. The molecule has 0 bridgehead atoms. The molecule has 0 radical (unpaired) electrons. The maximum atomic E-state index is 12.7. The Hall–Kier alpha value is -2.06. The number of hydrogen-bond donors (Lipinski definition) is 2. The average molecular weight is 550 g/mol. The van der Waals surface area contributed by atoms with Crippen molar-refractivity contribution in [1.29, 1.82) is 0 Å². The first-order chi connectivity index (χ1) is 17.4. The van der Waals surface area contributed by atoms with Crippen LogP contribution in [0.4, 0.5) is 5.69 Å². The van der Waals surface area contributed by atoms with Gasteiger partial charge < -0.3 is 20.7 Å². The molecule has 3 N–H and O–H groups in total. The molecule has 3 heterocycles. The fraction of sp³-hybridized carbons (Fsp3) is 0.481. The summed E-state index contributed by atoms with van der Waals surface area (Å²) in [6, 6.07) is 8.33. The van der Waals surface area contributed by atoms with E-state index in [0.717, 1.165) is 48.4 Å². The van der Waals surface area contributed by atoms with Crippen molar-refractivity contribution in [2.45, 2.75) is 51.4 Å². The maximum Gasteiger partial charge on any atom is 0.263 e. The number of aromatic nitrogens is 1. The Bertz CT molecular complexity index is 1190. The van der Waals surface area contributed by atoms with Crippen LogP contribution in [0.3, 0.4) is 0 Å². The zero-order chi connectivity index (χ0) is 25.7. The Kier molecular flexibility index (Phi) is 9.34. The number of carbonyl (C=O) groups is 1. The molecule has 2 aromatic heterocycles. The van der Waals surface area contributed by atoms with Crippen molar-refractivity contribution in [2.75, 3.05) is 39.0 Å². The molecule has 4 rings (SSSR count). The third-order valence-corrected chi connectivity index (χ3v) is 8.83. The van der Waals surface area contributed by atoms with Crippen molar-refractivity contribution < 1.29 is 9.53 Å². The molecule has 1 aliphatic rings. The number of halogens is 2. The summed E-state index contributed by atoms with van der Waals surface area (Å²) in [7, 11) is 1.52. The van der Waals surface area contributed by atoms with Gasteiger partial charge in [-0.15, -0.1) is 11.3 Å². The molecule has 0 saturated carbocycles. The number of methoxy groups -OCH3 is 1. The highest BCUT2D eigenvalue weighted by Gasteiger charge is 2.22. The lowest BCUT2D eigenvalue weighted by Crippen LogP contribution is -2.33. The average Bonchev–Trinajstić information content (AvgIpc) is 3.22. The summed E-state index contributed by atoms with van der Waals surface area (Å²) in [5, 5.41) is 4.97. The summed E-state index contributed by atoms with van der Waals surface area (Å²) in [5.74, 6) is 0.838. The van der Waals surface area contributed by atoms with Gasteiger partial charge in [0.25, 0.3) is 5.91 Å². The normalized spacial score (nSPS) is 14.9. The number of nitrogens with zero attached hydrogens (tertiary/aromatic N) is 2. The minimum absolute atomic E-state index is 0.159. The smallest absolute Gasteiger partial charge is 0.263 e. The number of likely N-dealkylation sites (tertiary alicyclic amines) is 1. The van der Waals surface area contributed by atoms with Crippen LogP contribution in [0.2, 0.25) is 10.0 Å². The first kappa shape index (κ1) is 27.0. The van der Waals surface area contributed by atoms with Crippen molar-refractivity contribution >= 4 is 56.3 Å². The molecule has 194 valence electrons. The number of nitrogen functional groups attached to an aromatic ring is 1. The van der Waals surface area contributed by atoms with E-state index in [1.165, 1.54) is 49.7 Å². The summed E-state index contributed by atoms with van der Waals surface area (Å²) < 4.78 is 5.24. The van der Waals surface area contributed by atoms with Crippen LogP contribution in [0.5, 0.6) is 5.88 Å². The monoisotopic (exact) mass is 548 g/mol. The van der Waals surface area contributed by atoms with Crippen molar-refractivity contribution in [2.24, 2.45) is 0 Å². The minimum Gasteiger partial charge on any atom is -0.480 e. The summed E-state index contributed by atoms with van der Waals surface area (Å²) in [6.45, 7) is 5.96. The standard InChI is InChI=1S/C27H34Cl2N4O2S/c1-17-21-23(30)24(36-27(21)32-26(35-2)22(17)29)25(34)31-13-5-3-4-6-14-33-15-11-19(12-16-33)18-7-9-20(28)10-8-18/h7-10,19H,3-6,11-16,30H2,1-2H3,(H,31,34). The topological polar surface area (TPSA) is 80.5 Å². The van der Waals surface area contributed by atoms with Gasteiger partial charge >= 0.3 is 0 Å². The highest BCUT2D eigenvalue weighted by molar-refractivity contribution is 7.21. The minimum atomic E-state index is -0.159. The van der Waals surface area contributed by atoms with Gasteiger partial charge in [-0.3, -0.25) is 4.79 Å². The highest BCUT2D eigenvalue weighted by atomic mass is 35.5. The number of hydrogen-bond acceptors (Lipinski definition) is 6. The zero-order valence-corrected chi connectivity index (χ0v) is 23.2. The largest absolute Gasteiger partial charge is 0.480 e. The van der Waals surface area contributed by atoms with Crippen LogP contribution in [-0.4, -0.2) is 49.1 Å². The zero-order valence-electron chi connectivity index (χ0n) is 20.9. The molecule has 1 fully saturated rings. The van der Waals surface area contributed by atoms with Gasteiger partial charge in [-0.1, -0.05) is 48.2 Å². The van der Waals surface area contributed by atoms with Crippen molar-refractivity contribution in [3.05, 3.63) is 50.3 Å². The van der Waals surface area contributed by atoms with Gasteiger partial charge in [0.1, 0.15) is 14.7 Å². The number of nitrogens with two attached hydrogens (primary N) is 1. The summed E-state index contributed by atoms with van der Waals surface area (Å²) in [6.07, 6.45) is 6.82. The van der Waals surface area contributed by atoms with E-state index in [-0.39, 0.29) is 5.91 Å². The van der Waals surface area contributed by atoms with Crippen LogP contribution in [0.25, 0.3) is 10.2 Å². The molecule has 1 aromatic carbocycles. The lowest BCUT2D eigenvalue weighted by Gasteiger charge is -2.32. The molecule has 9 heteroatoms. The number of piperidine rings is 1. The third kappa shape index (κ3) is 6.25. The fourth-order valence-corrected chi connectivity index (χ4v) is 6.31. The lowest BCUT2D eigenvalue weighted by atomic mass is 9.89. The number of rotatable bonds is 10. The molecular weight excluding hydrogens is 515 g/mol. The molecule has 0 aliphatic carbocycles. The van der Waals surface area contributed by atoms with Gasteiger partial charge in [-0.25, -0.2) is 4.98 Å². The molecule has 3 aromatic rings. The number of thiophene rings is 1. The summed E-state index contributed by atoms with van der Waals surface area (Å²) >= 11 is 13.6. The van der Waals surface area contributed by atoms with Gasteiger partial charge in [-0.05, 0) is 81.4 Å². The lowest BCUT2D eigenvalue weighted by molar-refractivity contribution is 0.0957. The second kappa shape index (κ2) is 12.5. The molecule has 36 heavy (non-hydrogen) atoms. The highest BCUT2D eigenvalue weighted by Crippen LogP contribution is 2.40. The van der Waals surface area contributed by atoms with Crippen molar-refractivity contribution in [1.82, 2.24) is 15.2 Å². The van der Waals surface area contributed by atoms with Gasteiger partial charge in [0, 0.05) is 17.0 Å².